The first kappa shape index (κ1) is 53.4. The van der Waals surface area contributed by atoms with Crippen molar-refractivity contribution in [2.24, 2.45) is 0 Å². The van der Waals surface area contributed by atoms with Gasteiger partial charge in [0, 0.05) is 6.42 Å². The second-order valence-corrected chi connectivity index (χ2v) is 17.4. The van der Waals surface area contributed by atoms with Crippen LogP contribution in [0.5, 0.6) is 0 Å². The molecule has 0 heterocycles. The Morgan fingerprint density at radius 1 is 0.389 bits per heavy atom. The molecule has 0 aromatic carbocycles. The number of hydrogen-bond donors (Lipinski definition) is 4. The van der Waals surface area contributed by atoms with Crippen LogP contribution in [0.25, 0.3) is 0 Å². The zero-order chi connectivity index (χ0) is 39.4. The minimum Gasteiger partial charge on any atom is -0.394 e. The number of nitrogens with one attached hydrogen (secondary N) is 1. The molecule has 5 heteroatoms. The van der Waals surface area contributed by atoms with E-state index < -0.39 is 18.2 Å². The largest absolute Gasteiger partial charge is 0.394 e. The molecular weight excluding hydrogens is 667 g/mol. The highest BCUT2D eigenvalue weighted by molar-refractivity contribution is 5.76. The number of carbonyl (C=O) groups is 1. The minimum atomic E-state index is -1.13. The van der Waals surface area contributed by atoms with Gasteiger partial charge in [-0.05, 0) is 12.8 Å². The van der Waals surface area contributed by atoms with Crippen molar-refractivity contribution in [3.8, 4) is 0 Å². The number of rotatable bonds is 46. The van der Waals surface area contributed by atoms with Crippen molar-refractivity contribution >= 4 is 5.91 Å². The van der Waals surface area contributed by atoms with Crippen LogP contribution < -0.4 is 5.32 Å². The van der Waals surface area contributed by atoms with Crippen LogP contribution in [0, 0.1) is 0 Å². The summed E-state index contributed by atoms with van der Waals surface area (Å²) >= 11 is 0. The average molecular weight is 766 g/mol. The molecule has 5 nitrogen and oxygen atoms in total. The van der Waals surface area contributed by atoms with E-state index in [-0.39, 0.29) is 12.5 Å². The van der Waals surface area contributed by atoms with Gasteiger partial charge in [0.25, 0.3) is 0 Å². The lowest BCUT2D eigenvalue weighted by molar-refractivity contribution is -0.124. The van der Waals surface area contributed by atoms with Gasteiger partial charge in [0.05, 0.1) is 18.8 Å². The number of aliphatic hydroxyl groups excluding tert-OH is 3. The lowest BCUT2D eigenvalue weighted by Gasteiger charge is -2.26. The Hall–Kier alpha value is -0.650. The van der Waals surface area contributed by atoms with Crippen molar-refractivity contribution in [2.45, 2.75) is 302 Å². The van der Waals surface area contributed by atoms with E-state index in [1.54, 1.807) is 0 Å². The van der Waals surface area contributed by atoms with Crippen LogP contribution in [0.3, 0.4) is 0 Å². The number of unbranched alkanes of at least 4 members (excludes halogenated alkanes) is 38. The van der Waals surface area contributed by atoms with E-state index in [1.807, 2.05) is 0 Å². The first-order valence-electron chi connectivity index (χ1n) is 24.8. The van der Waals surface area contributed by atoms with Gasteiger partial charge < -0.3 is 20.6 Å². The van der Waals surface area contributed by atoms with Gasteiger partial charge in [0.2, 0.25) is 5.91 Å². The van der Waals surface area contributed by atoms with Gasteiger partial charge >= 0.3 is 0 Å². The Labute approximate surface area is 338 Å². The van der Waals surface area contributed by atoms with Crippen LogP contribution in [0.2, 0.25) is 0 Å². The lowest BCUT2D eigenvalue weighted by Crippen LogP contribution is -2.50. The molecule has 0 aromatic rings. The van der Waals surface area contributed by atoms with E-state index in [2.05, 4.69) is 19.2 Å². The van der Waals surface area contributed by atoms with E-state index in [9.17, 15) is 20.1 Å². The van der Waals surface area contributed by atoms with Crippen LogP contribution in [-0.2, 0) is 4.79 Å². The summed E-state index contributed by atoms with van der Waals surface area (Å²) in [6, 6.07) is -0.801. The normalized spacial score (nSPS) is 13.4. The Balaban J connectivity index is 3.38. The average Bonchev–Trinajstić information content (AvgIpc) is 3.18. The van der Waals surface area contributed by atoms with Crippen LogP contribution in [-0.4, -0.2) is 46.1 Å². The maximum absolute atomic E-state index is 12.4. The molecule has 324 valence electrons. The Kier molecular flexibility index (Phi) is 44.5. The summed E-state index contributed by atoms with van der Waals surface area (Å²) in [6.45, 7) is 4.16. The van der Waals surface area contributed by atoms with Gasteiger partial charge in [-0.1, -0.05) is 264 Å². The highest BCUT2D eigenvalue weighted by Gasteiger charge is 2.26. The van der Waals surface area contributed by atoms with E-state index in [4.69, 9.17) is 0 Å². The van der Waals surface area contributed by atoms with E-state index >= 15 is 0 Å². The number of aliphatic hydroxyl groups is 3. The fourth-order valence-electron chi connectivity index (χ4n) is 8.11. The molecule has 0 saturated carbocycles. The van der Waals surface area contributed by atoms with Gasteiger partial charge in [-0.25, -0.2) is 0 Å². The fraction of sp³-hybridized carbons (Fsp3) is 0.980. The standard InChI is InChI=1S/C49H99NO4/c1-3-5-7-9-11-13-14-15-16-17-18-19-20-21-22-23-24-25-26-27-28-29-30-31-32-33-34-35-36-38-40-42-44-48(53)50-46(45-51)49(54)47(52)43-41-39-37-12-10-8-6-4-2/h46-47,49,51-52,54H,3-45H2,1-2H3,(H,50,53)/t46-,47+,49-/m0/s1. The molecule has 4 N–H and O–H groups in total. The van der Waals surface area contributed by atoms with Crippen LogP contribution in [0.15, 0.2) is 0 Å². The fourth-order valence-corrected chi connectivity index (χ4v) is 8.11. The predicted octanol–water partition coefficient (Wildman–Crippen LogP) is 14.6. The van der Waals surface area contributed by atoms with Crippen LogP contribution in [0.4, 0.5) is 0 Å². The maximum Gasteiger partial charge on any atom is 0.220 e. The SMILES string of the molecule is CCCCCCCCCCCCCCCCCCCCCCCCCCCCCCCCCCC(=O)N[C@@H](CO)[C@H](O)[C@H](O)CCCCCCCCCC. The molecule has 0 saturated heterocycles. The molecule has 0 aliphatic carbocycles. The van der Waals surface area contributed by atoms with E-state index in [1.165, 1.54) is 218 Å². The summed E-state index contributed by atoms with van der Waals surface area (Å²) in [7, 11) is 0. The van der Waals surface area contributed by atoms with E-state index in [0.717, 1.165) is 38.5 Å². The van der Waals surface area contributed by atoms with Crippen LogP contribution >= 0.6 is 0 Å². The zero-order valence-corrected chi connectivity index (χ0v) is 36.9. The van der Waals surface area contributed by atoms with Crippen molar-refractivity contribution in [1.82, 2.24) is 5.32 Å². The van der Waals surface area contributed by atoms with Crippen LogP contribution in [0.1, 0.15) is 284 Å². The first-order chi connectivity index (χ1) is 26.6. The Morgan fingerprint density at radius 3 is 0.889 bits per heavy atom. The molecule has 0 aromatic heterocycles. The van der Waals surface area contributed by atoms with Gasteiger partial charge in [-0.15, -0.1) is 0 Å². The molecule has 3 atom stereocenters. The summed E-state index contributed by atoms with van der Waals surface area (Å²) in [5, 5.41) is 33.3. The van der Waals surface area contributed by atoms with Gasteiger partial charge in [0.1, 0.15) is 6.10 Å². The summed E-state index contributed by atoms with van der Waals surface area (Å²) in [5.41, 5.74) is 0. The van der Waals surface area contributed by atoms with Gasteiger partial charge in [-0.2, -0.15) is 0 Å². The van der Waals surface area contributed by atoms with Crippen molar-refractivity contribution in [1.29, 1.82) is 0 Å². The number of amides is 1. The van der Waals surface area contributed by atoms with Gasteiger partial charge in [-0.3, -0.25) is 4.79 Å². The zero-order valence-electron chi connectivity index (χ0n) is 36.9. The predicted molar refractivity (Wildman–Crippen MR) is 236 cm³/mol. The number of carbonyl (C=O) groups excluding carboxylic acids is 1. The Morgan fingerprint density at radius 2 is 0.630 bits per heavy atom. The first-order valence-corrected chi connectivity index (χ1v) is 24.8. The maximum atomic E-state index is 12.4. The smallest absolute Gasteiger partial charge is 0.220 e. The summed E-state index contributed by atoms with van der Waals surface area (Å²) in [5.74, 6) is -0.141. The van der Waals surface area contributed by atoms with Crippen molar-refractivity contribution in [2.75, 3.05) is 6.61 Å². The second kappa shape index (κ2) is 45.1. The number of hydrogen-bond acceptors (Lipinski definition) is 4. The van der Waals surface area contributed by atoms with Crippen molar-refractivity contribution in [3.63, 3.8) is 0 Å². The summed E-state index contributed by atoms with van der Waals surface area (Å²) < 4.78 is 0. The highest BCUT2D eigenvalue weighted by atomic mass is 16.3. The molecule has 0 aliphatic rings. The molecule has 0 aliphatic heterocycles. The highest BCUT2D eigenvalue weighted by Crippen LogP contribution is 2.18. The molecule has 0 radical (unpaired) electrons. The second-order valence-electron chi connectivity index (χ2n) is 17.4. The molecule has 0 fully saturated rings. The Bertz CT molecular complexity index is 718. The molecule has 54 heavy (non-hydrogen) atoms. The lowest BCUT2D eigenvalue weighted by atomic mass is 9.99. The monoisotopic (exact) mass is 766 g/mol. The topological polar surface area (TPSA) is 89.8 Å². The van der Waals surface area contributed by atoms with Gasteiger partial charge in [0.15, 0.2) is 0 Å². The minimum absolute atomic E-state index is 0.141. The van der Waals surface area contributed by atoms with E-state index in [0.29, 0.717) is 12.8 Å². The molecule has 0 rings (SSSR count). The molecule has 0 unspecified atom stereocenters. The van der Waals surface area contributed by atoms with Crippen molar-refractivity contribution < 1.29 is 20.1 Å². The summed E-state index contributed by atoms with van der Waals surface area (Å²) in [6.07, 6.45) is 52.7. The summed E-state index contributed by atoms with van der Waals surface area (Å²) in [4.78, 5) is 12.4. The third kappa shape index (κ3) is 39.6. The molecule has 0 spiro atoms. The quantitative estimate of drug-likeness (QED) is 0.0465. The molecular formula is C49H99NO4. The third-order valence-electron chi connectivity index (χ3n) is 12.0. The molecule has 1 amide bonds. The third-order valence-corrected chi connectivity index (χ3v) is 12.0. The molecule has 0 bridgehead atoms. The van der Waals surface area contributed by atoms with Crippen molar-refractivity contribution in [3.05, 3.63) is 0 Å².